The predicted molar refractivity (Wildman–Crippen MR) is 49.3 cm³/mol. The van der Waals surface area contributed by atoms with Crippen molar-refractivity contribution in [3.63, 3.8) is 0 Å². The molecule has 0 spiro atoms. The highest BCUT2D eigenvalue weighted by Crippen LogP contribution is 2.07. The second-order valence-electron chi connectivity index (χ2n) is 3.54. The summed E-state index contributed by atoms with van der Waals surface area (Å²) in [6, 6.07) is 0. The van der Waals surface area contributed by atoms with Crippen molar-refractivity contribution < 1.29 is 5.11 Å². The Kier molecular flexibility index (Phi) is 2.61. The van der Waals surface area contributed by atoms with Gasteiger partial charge in [-0.2, -0.15) is 0 Å². The third-order valence-corrected chi connectivity index (χ3v) is 2.48. The SMILES string of the molecule is OC1CCN(CCn2ccnc2)C1. The van der Waals surface area contributed by atoms with Gasteiger partial charge < -0.3 is 9.67 Å². The third kappa shape index (κ3) is 2.29. The van der Waals surface area contributed by atoms with E-state index in [9.17, 15) is 5.11 Å². The molecular formula is C9H15N3O. The van der Waals surface area contributed by atoms with Crippen LogP contribution in [0.3, 0.4) is 0 Å². The molecule has 1 aromatic rings. The number of hydrogen-bond donors (Lipinski definition) is 1. The molecule has 2 heterocycles. The number of aliphatic hydroxyl groups is 1. The molecule has 0 aromatic carbocycles. The second kappa shape index (κ2) is 3.89. The number of hydrogen-bond acceptors (Lipinski definition) is 3. The van der Waals surface area contributed by atoms with Crippen LogP contribution in [0.4, 0.5) is 0 Å². The lowest BCUT2D eigenvalue weighted by Crippen LogP contribution is -2.25. The summed E-state index contributed by atoms with van der Waals surface area (Å²) in [6.07, 6.45) is 6.39. The first-order valence-corrected chi connectivity index (χ1v) is 4.71. The molecule has 0 amide bonds. The van der Waals surface area contributed by atoms with Crippen LogP contribution in [0.25, 0.3) is 0 Å². The second-order valence-corrected chi connectivity index (χ2v) is 3.54. The summed E-state index contributed by atoms with van der Waals surface area (Å²) in [5, 5.41) is 9.30. The fourth-order valence-corrected chi connectivity index (χ4v) is 1.69. The minimum Gasteiger partial charge on any atom is -0.392 e. The van der Waals surface area contributed by atoms with Gasteiger partial charge in [0, 0.05) is 38.6 Å². The summed E-state index contributed by atoms with van der Waals surface area (Å²) in [5.74, 6) is 0. The van der Waals surface area contributed by atoms with E-state index in [0.29, 0.717) is 0 Å². The van der Waals surface area contributed by atoms with Gasteiger partial charge in [-0.05, 0) is 6.42 Å². The van der Waals surface area contributed by atoms with Crippen LogP contribution in [0.15, 0.2) is 18.7 Å². The molecule has 2 rings (SSSR count). The standard InChI is InChI=1S/C9H15N3O/c13-9-1-3-11(7-9)5-6-12-4-2-10-8-12/h2,4,8-9,13H,1,3,5-7H2. The monoisotopic (exact) mass is 181 g/mol. The Labute approximate surface area is 77.8 Å². The Bertz CT molecular complexity index is 247. The van der Waals surface area contributed by atoms with Gasteiger partial charge in [0.05, 0.1) is 12.4 Å². The molecule has 1 aromatic heterocycles. The van der Waals surface area contributed by atoms with E-state index in [2.05, 4.69) is 14.5 Å². The molecule has 1 N–H and O–H groups in total. The van der Waals surface area contributed by atoms with Crippen molar-refractivity contribution in [1.82, 2.24) is 14.5 Å². The Balaban J connectivity index is 1.74. The van der Waals surface area contributed by atoms with Crippen LogP contribution < -0.4 is 0 Å². The van der Waals surface area contributed by atoms with E-state index < -0.39 is 0 Å². The van der Waals surface area contributed by atoms with Gasteiger partial charge in [0.25, 0.3) is 0 Å². The molecule has 13 heavy (non-hydrogen) atoms. The van der Waals surface area contributed by atoms with Crippen molar-refractivity contribution in [2.75, 3.05) is 19.6 Å². The van der Waals surface area contributed by atoms with Crippen LogP contribution in [0.1, 0.15) is 6.42 Å². The molecule has 1 saturated heterocycles. The van der Waals surface area contributed by atoms with Crippen LogP contribution in [0.2, 0.25) is 0 Å². The van der Waals surface area contributed by atoms with Gasteiger partial charge in [-0.3, -0.25) is 4.90 Å². The molecule has 1 unspecified atom stereocenters. The van der Waals surface area contributed by atoms with Crippen molar-refractivity contribution in [3.8, 4) is 0 Å². The summed E-state index contributed by atoms with van der Waals surface area (Å²) in [7, 11) is 0. The largest absolute Gasteiger partial charge is 0.392 e. The number of rotatable bonds is 3. The Morgan fingerprint density at radius 2 is 2.38 bits per heavy atom. The van der Waals surface area contributed by atoms with E-state index in [1.165, 1.54) is 0 Å². The topological polar surface area (TPSA) is 41.3 Å². The van der Waals surface area contributed by atoms with Crippen molar-refractivity contribution in [3.05, 3.63) is 18.7 Å². The highest BCUT2D eigenvalue weighted by atomic mass is 16.3. The molecule has 0 aliphatic carbocycles. The van der Waals surface area contributed by atoms with E-state index in [1.807, 2.05) is 12.5 Å². The molecule has 0 saturated carbocycles. The maximum Gasteiger partial charge on any atom is 0.0946 e. The molecule has 1 aliphatic rings. The molecule has 0 radical (unpaired) electrons. The zero-order valence-electron chi connectivity index (χ0n) is 7.63. The predicted octanol–water partition coefficient (Wildman–Crippen LogP) is -0.0503. The molecular weight excluding hydrogens is 166 g/mol. The molecule has 1 aliphatic heterocycles. The average molecular weight is 181 g/mol. The summed E-state index contributed by atoms with van der Waals surface area (Å²) >= 11 is 0. The Morgan fingerprint density at radius 1 is 1.46 bits per heavy atom. The van der Waals surface area contributed by atoms with Crippen LogP contribution in [-0.4, -0.2) is 45.3 Å². The lowest BCUT2D eigenvalue weighted by atomic mass is 10.3. The summed E-state index contributed by atoms with van der Waals surface area (Å²) in [6.45, 7) is 3.82. The van der Waals surface area contributed by atoms with Crippen molar-refractivity contribution in [2.45, 2.75) is 19.1 Å². The molecule has 72 valence electrons. The van der Waals surface area contributed by atoms with Gasteiger partial charge in [-0.15, -0.1) is 0 Å². The number of aromatic nitrogens is 2. The summed E-state index contributed by atoms with van der Waals surface area (Å²) < 4.78 is 2.06. The van der Waals surface area contributed by atoms with Crippen LogP contribution >= 0.6 is 0 Å². The first-order valence-electron chi connectivity index (χ1n) is 4.71. The summed E-state index contributed by atoms with van der Waals surface area (Å²) in [4.78, 5) is 6.26. The zero-order chi connectivity index (χ0) is 9.10. The van der Waals surface area contributed by atoms with Gasteiger partial charge in [-0.1, -0.05) is 0 Å². The average Bonchev–Trinajstić information content (AvgIpc) is 2.71. The van der Waals surface area contributed by atoms with Crippen LogP contribution in [0.5, 0.6) is 0 Å². The molecule has 1 fully saturated rings. The van der Waals surface area contributed by atoms with E-state index in [4.69, 9.17) is 0 Å². The number of imidazole rings is 1. The lowest BCUT2D eigenvalue weighted by Gasteiger charge is -2.14. The molecule has 1 atom stereocenters. The quantitative estimate of drug-likeness (QED) is 0.711. The van der Waals surface area contributed by atoms with Gasteiger partial charge in [-0.25, -0.2) is 4.98 Å². The highest BCUT2D eigenvalue weighted by Gasteiger charge is 2.19. The number of aliphatic hydroxyl groups excluding tert-OH is 1. The van der Waals surface area contributed by atoms with Crippen molar-refractivity contribution >= 4 is 0 Å². The summed E-state index contributed by atoms with van der Waals surface area (Å²) in [5.41, 5.74) is 0. The van der Waals surface area contributed by atoms with Gasteiger partial charge in [0.15, 0.2) is 0 Å². The smallest absolute Gasteiger partial charge is 0.0946 e. The van der Waals surface area contributed by atoms with Gasteiger partial charge >= 0.3 is 0 Å². The van der Waals surface area contributed by atoms with E-state index in [-0.39, 0.29) is 6.10 Å². The normalized spacial score (nSPS) is 23.9. The number of β-amino-alcohol motifs (C(OH)–C–C–N with tert-alkyl or cyclic N) is 1. The molecule has 0 bridgehead atoms. The first-order chi connectivity index (χ1) is 6.34. The highest BCUT2D eigenvalue weighted by molar-refractivity contribution is 4.77. The van der Waals surface area contributed by atoms with Gasteiger partial charge in [0.2, 0.25) is 0 Å². The zero-order valence-corrected chi connectivity index (χ0v) is 7.63. The fraction of sp³-hybridized carbons (Fsp3) is 0.667. The maximum absolute atomic E-state index is 9.30. The van der Waals surface area contributed by atoms with Crippen LogP contribution in [0, 0.1) is 0 Å². The Morgan fingerprint density at radius 3 is 3.00 bits per heavy atom. The maximum atomic E-state index is 9.30. The molecule has 4 nitrogen and oxygen atoms in total. The van der Waals surface area contributed by atoms with E-state index in [1.54, 1.807) is 6.20 Å². The van der Waals surface area contributed by atoms with E-state index in [0.717, 1.165) is 32.6 Å². The van der Waals surface area contributed by atoms with E-state index >= 15 is 0 Å². The third-order valence-electron chi connectivity index (χ3n) is 2.48. The number of likely N-dealkylation sites (tertiary alicyclic amines) is 1. The number of nitrogens with zero attached hydrogens (tertiary/aromatic N) is 3. The van der Waals surface area contributed by atoms with Gasteiger partial charge in [0.1, 0.15) is 0 Å². The Hall–Kier alpha value is -0.870. The molecule has 4 heteroatoms. The lowest BCUT2D eigenvalue weighted by molar-refractivity contribution is 0.175. The first kappa shape index (κ1) is 8.72. The fourth-order valence-electron chi connectivity index (χ4n) is 1.69. The van der Waals surface area contributed by atoms with Crippen molar-refractivity contribution in [2.24, 2.45) is 0 Å². The van der Waals surface area contributed by atoms with Crippen LogP contribution in [-0.2, 0) is 6.54 Å². The minimum atomic E-state index is -0.109. The minimum absolute atomic E-state index is 0.109. The van der Waals surface area contributed by atoms with Crippen molar-refractivity contribution in [1.29, 1.82) is 0 Å².